The van der Waals surface area contributed by atoms with Crippen molar-refractivity contribution >= 4 is 44.2 Å². The molecule has 3 aromatic rings. The van der Waals surface area contributed by atoms with E-state index in [1.54, 1.807) is 18.3 Å². The van der Waals surface area contributed by atoms with Crippen LogP contribution in [-0.2, 0) is 11.3 Å². The Kier molecular flexibility index (Phi) is 2.91. The maximum atomic E-state index is 11.5. The first-order valence-corrected chi connectivity index (χ1v) is 7.17. The lowest BCUT2D eigenvalue weighted by atomic mass is 10.2. The third kappa shape index (κ3) is 1.84. The van der Waals surface area contributed by atoms with Gasteiger partial charge in [0.1, 0.15) is 5.00 Å². The number of aromatic nitrogens is 1. The number of hydrogen-bond donors (Lipinski definition) is 1. The average molecular weight is 277 g/mol. The van der Waals surface area contributed by atoms with Gasteiger partial charge in [0.2, 0.25) is 0 Å². The van der Waals surface area contributed by atoms with Crippen molar-refractivity contribution < 1.29 is 8.76 Å². The summed E-state index contributed by atoms with van der Waals surface area (Å²) < 4.78 is 24.3. The number of fused-ring (bicyclic) bond motifs is 1. The third-order valence-electron chi connectivity index (χ3n) is 2.65. The molecule has 18 heavy (non-hydrogen) atoms. The highest BCUT2D eigenvalue weighted by atomic mass is 32.2. The number of nitrogens with one attached hydrogen (secondary N) is 1. The predicted octanol–water partition coefficient (Wildman–Crippen LogP) is 3.16. The highest BCUT2D eigenvalue weighted by molar-refractivity contribution is 7.81. The second-order valence-corrected chi connectivity index (χ2v) is 5.40. The predicted molar refractivity (Wildman–Crippen MR) is 73.7 cm³/mol. The molecule has 0 spiro atoms. The van der Waals surface area contributed by atoms with E-state index in [0.717, 1.165) is 10.9 Å². The molecule has 0 amide bonds. The van der Waals surface area contributed by atoms with Gasteiger partial charge in [-0.2, -0.15) is 0 Å². The molecule has 92 valence electrons. The summed E-state index contributed by atoms with van der Waals surface area (Å²) in [7, 11) is 0. The molecule has 1 unspecified atom stereocenters. The van der Waals surface area contributed by atoms with Gasteiger partial charge in [-0.15, -0.1) is 11.3 Å². The van der Waals surface area contributed by atoms with E-state index in [0.29, 0.717) is 10.7 Å². The molecule has 2 heterocycles. The highest BCUT2D eigenvalue weighted by Crippen LogP contribution is 2.35. The SMILES string of the molecule is O=S([O-])N(c1cccs1)c1cccc2[nH]ccc12. The molecular formula is C12H9N2O2S2-. The molecule has 1 atom stereocenters. The van der Waals surface area contributed by atoms with Crippen LogP contribution in [0.3, 0.4) is 0 Å². The van der Waals surface area contributed by atoms with Crippen LogP contribution in [0.2, 0.25) is 0 Å². The quantitative estimate of drug-likeness (QED) is 0.747. The van der Waals surface area contributed by atoms with Crippen molar-refractivity contribution in [1.82, 2.24) is 4.98 Å². The van der Waals surface area contributed by atoms with E-state index in [1.807, 2.05) is 29.6 Å². The van der Waals surface area contributed by atoms with E-state index in [-0.39, 0.29) is 0 Å². The molecule has 1 aromatic carbocycles. The van der Waals surface area contributed by atoms with Crippen molar-refractivity contribution in [1.29, 1.82) is 0 Å². The molecule has 0 bridgehead atoms. The zero-order valence-electron chi connectivity index (χ0n) is 9.20. The van der Waals surface area contributed by atoms with Gasteiger partial charge >= 0.3 is 0 Å². The Morgan fingerprint density at radius 1 is 1.22 bits per heavy atom. The van der Waals surface area contributed by atoms with Crippen molar-refractivity contribution in [2.24, 2.45) is 0 Å². The van der Waals surface area contributed by atoms with Crippen molar-refractivity contribution in [3.05, 3.63) is 48.0 Å². The molecule has 0 aliphatic heterocycles. The molecule has 3 rings (SSSR count). The third-order valence-corrected chi connectivity index (χ3v) is 4.31. The molecule has 0 aliphatic rings. The fraction of sp³-hybridized carbons (Fsp3) is 0. The second kappa shape index (κ2) is 4.56. The van der Waals surface area contributed by atoms with Gasteiger partial charge in [0.15, 0.2) is 0 Å². The van der Waals surface area contributed by atoms with Crippen LogP contribution in [0.25, 0.3) is 10.9 Å². The lowest BCUT2D eigenvalue weighted by Crippen LogP contribution is -2.18. The number of anilines is 2. The van der Waals surface area contributed by atoms with Crippen molar-refractivity contribution in [2.75, 3.05) is 4.31 Å². The standard InChI is InChI=1S/C12H10N2O2S2/c15-18(16)14(12-5-2-8-17-12)11-4-1-3-10-9(11)6-7-13-10/h1-8,13H,(H,15,16)/p-1. The minimum atomic E-state index is -2.34. The minimum Gasteiger partial charge on any atom is -0.755 e. The van der Waals surface area contributed by atoms with Gasteiger partial charge in [0.05, 0.1) is 17.0 Å². The van der Waals surface area contributed by atoms with Crippen LogP contribution in [0.4, 0.5) is 10.7 Å². The normalized spacial score (nSPS) is 12.7. The monoisotopic (exact) mass is 277 g/mol. The molecule has 1 N–H and O–H groups in total. The summed E-state index contributed by atoms with van der Waals surface area (Å²) in [4.78, 5) is 3.07. The first-order valence-electron chi connectivity index (χ1n) is 5.26. The maximum Gasteiger partial charge on any atom is 0.107 e. The van der Waals surface area contributed by atoms with Crippen molar-refractivity contribution in [3.8, 4) is 0 Å². The second-order valence-electron chi connectivity index (χ2n) is 3.68. The maximum absolute atomic E-state index is 11.5. The summed E-state index contributed by atoms with van der Waals surface area (Å²) in [6.07, 6.45) is 1.80. The summed E-state index contributed by atoms with van der Waals surface area (Å²) in [5.41, 5.74) is 1.57. The number of hydrogen-bond acceptors (Lipinski definition) is 3. The van der Waals surface area contributed by atoms with Gasteiger partial charge in [-0.3, -0.25) is 8.51 Å². The van der Waals surface area contributed by atoms with Crippen LogP contribution in [-0.4, -0.2) is 13.7 Å². The van der Waals surface area contributed by atoms with Crippen LogP contribution in [0, 0.1) is 0 Å². The highest BCUT2D eigenvalue weighted by Gasteiger charge is 2.14. The van der Waals surface area contributed by atoms with Gasteiger partial charge in [0, 0.05) is 17.1 Å². The zero-order valence-corrected chi connectivity index (χ0v) is 10.8. The average Bonchev–Trinajstić information content (AvgIpc) is 2.98. The van der Waals surface area contributed by atoms with E-state index >= 15 is 0 Å². The fourth-order valence-electron chi connectivity index (χ4n) is 1.90. The molecule has 4 nitrogen and oxygen atoms in total. The minimum absolute atomic E-state index is 0.657. The van der Waals surface area contributed by atoms with Gasteiger partial charge in [-0.25, -0.2) is 0 Å². The summed E-state index contributed by atoms with van der Waals surface area (Å²) in [6, 6.07) is 11.0. The number of nitrogens with zero attached hydrogens (tertiary/aromatic N) is 1. The largest absolute Gasteiger partial charge is 0.755 e. The molecule has 6 heteroatoms. The number of rotatable bonds is 3. The lowest BCUT2D eigenvalue weighted by molar-refractivity contribution is 0.537. The van der Waals surface area contributed by atoms with E-state index in [9.17, 15) is 8.76 Å². The Morgan fingerprint density at radius 2 is 2.11 bits per heavy atom. The van der Waals surface area contributed by atoms with Crippen LogP contribution in [0.1, 0.15) is 0 Å². The number of thiophene rings is 1. The van der Waals surface area contributed by atoms with Crippen molar-refractivity contribution in [2.45, 2.75) is 0 Å². The fourth-order valence-corrected chi connectivity index (χ4v) is 3.39. The molecule has 0 fully saturated rings. The van der Waals surface area contributed by atoms with E-state index in [1.165, 1.54) is 15.6 Å². The summed E-state index contributed by atoms with van der Waals surface area (Å²) >= 11 is -0.956. The Hall–Kier alpha value is -1.63. The first-order chi connectivity index (χ1) is 8.77. The van der Waals surface area contributed by atoms with Crippen molar-refractivity contribution in [3.63, 3.8) is 0 Å². The Morgan fingerprint density at radius 3 is 2.83 bits per heavy atom. The van der Waals surface area contributed by atoms with Crippen LogP contribution < -0.4 is 4.31 Å². The van der Waals surface area contributed by atoms with Gasteiger partial charge in [-0.1, -0.05) is 6.07 Å². The molecule has 0 aliphatic carbocycles. The van der Waals surface area contributed by atoms with Gasteiger partial charge in [-0.05, 0) is 35.7 Å². The van der Waals surface area contributed by atoms with E-state index < -0.39 is 11.3 Å². The number of benzene rings is 1. The molecule has 0 saturated carbocycles. The van der Waals surface area contributed by atoms with Crippen LogP contribution in [0.5, 0.6) is 0 Å². The van der Waals surface area contributed by atoms with Crippen LogP contribution in [0.15, 0.2) is 48.0 Å². The summed E-state index contributed by atoms with van der Waals surface area (Å²) in [6.45, 7) is 0. The Balaban J connectivity index is 2.22. The topological polar surface area (TPSA) is 59.2 Å². The molecule has 0 radical (unpaired) electrons. The van der Waals surface area contributed by atoms with E-state index in [4.69, 9.17) is 0 Å². The summed E-state index contributed by atoms with van der Waals surface area (Å²) in [5, 5.41) is 3.42. The van der Waals surface area contributed by atoms with Crippen LogP contribution >= 0.6 is 11.3 Å². The van der Waals surface area contributed by atoms with Gasteiger partial charge in [0.25, 0.3) is 0 Å². The molecular weight excluding hydrogens is 268 g/mol. The first kappa shape index (κ1) is 11.5. The molecule has 0 saturated heterocycles. The van der Waals surface area contributed by atoms with E-state index in [2.05, 4.69) is 4.98 Å². The Labute approximate surface area is 110 Å². The smallest absolute Gasteiger partial charge is 0.107 e. The number of H-pyrrole nitrogens is 1. The number of aromatic amines is 1. The Bertz CT molecular complexity index is 691. The summed E-state index contributed by atoms with van der Waals surface area (Å²) in [5.74, 6) is 0. The van der Waals surface area contributed by atoms with Gasteiger partial charge < -0.3 is 9.54 Å². The lowest BCUT2D eigenvalue weighted by Gasteiger charge is -2.25. The zero-order chi connectivity index (χ0) is 12.5. The molecule has 2 aromatic heterocycles.